The third kappa shape index (κ3) is 5.65. The van der Waals surface area contributed by atoms with Gasteiger partial charge in [0.25, 0.3) is 5.91 Å². The number of methoxy groups -OCH3 is 3. The van der Waals surface area contributed by atoms with Crippen molar-refractivity contribution in [2.75, 3.05) is 26.8 Å². The molecule has 0 heterocycles. The molecule has 0 bridgehead atoms. The number of ether oxygens (including phenoxy) is 3. The molecule has 9 heteroatoms. The minimum absolute atomic E-state index is 0.206. The van der Waals surface area contributed by atoms with Crippen LogP contribution in [0.1, 0.15) is 26.3 Å². The number of nitrogens with one attached hydrogen (secondary N) is 1. The molecule has 0 aliphatic carbocycles. The van der Waals surface area contributed by atoms with E-state index in [0.29, 0.717) is 34.2 Å². The lowest BCUT2D eigenvalue weighted by Gasteiger charge is -2.14. The van der Waals surface area contributed by atoms with Crippen molar-refractivity contribution in [3.05, 3.63) is 77.4 Å². The van der Waals surface area contributed by atoms with Gasteiger partial charge in [-0.2, -0.15) is 0 Å². The minimum atomic E-state index is -0.651. The van der Waals surface area contributed by atoms with E-state index < -0.39 is 11.9 Å². The van der Waals surface area contributed by atoms with Gasteiger partial charge in [0.15, 0.2) is 11.5 Å². The van der Waals surface area contributed by atoms with Crippen LogP contribution in [0.2, 0.25) is 0 Å². The first-order chi connectivity index (χ1) is 16.0. The number of anilines is 1. The van der Waals surface area contributed by atoms with Gasteiger partial charge < -0.3 is 19.0 Å². The van der Waals surface area contributed by atoms with E-state index in [-0.39, 0.29) is 5.56 Å². The Morgan fingerprint density at radius 3 is 2.06 bits per heavy atom. The number of nitrogens with zero attached hydrogens (tertiary/aromatic N) is 2. The highest BCUT2D eigenvalue weighted by molar-refractivity contribution is 5.96. The Kier molecular flexibility index (Phi) is 7.59. The van der Waals surface area contributed by atoms with E-state index in [9.17, 15) is 9.59 Å². The molecule has 33 heavy (non-hydrogen) atoms. The van der Waals surface area contributed by atoms with Gasteiger partial charge in [-0.1, -0.05) is 18.2 Å². The van der Waals surface area contributed by atoms with E-state index >= 15 is 0 Å². The molecule has 3 rings (SSSR count). The van der Waals surface area contributed by atoms with Crippen LogP contribution < -0.4 is 19.7 Å². The lowest BCUT2D eigenvalue weighted by molar-refractivity contribution is 0.0595. The van der Waals surface area contributed by atoms with Crippen molar-refractivity contribution >= 4 is 23.3 Å². The molecular weight excluding hydrogens is 426 g/mol. The fourth-order valence-electron chi connectivity index (χ4n) is 2.93. The van der Waals surface area contributed by atoms with E-state index in [1.807, 2.05) is 19.1 Å². The summed E-state index contributed by atoms with van der Waals surface area (Å²) in [5.41, 5.74) is 5.07. The lowest BCUT2D eigenvalue weighted by Crippen LogP contribution is -2.11. The van der Waals surface area contributed by atoms with Gasteiger partial charge in [-0.25, -0.2) is 10.3 Å². The van der Waals surface area contributed by atoms with Gasteiger partial charge in [0.2, 0.25) is 5.75 Å². The van der Waals surface area contributed by atoms with Gasteiger partial charge in [-0.15, -0.1) is 10.2 Å². The molecule has 0 radical (unpaired) electrons. The molecule has 0 fully saturated rings. The summed E-state index contributed by atoms with van der Waals surface area (Å²) in [6.07, 6.45) is 0. The Morgan fingerprint density at radius 2 is 1.48 bits per heavy atom. The maximum Gasteiger partial charge on any atom is 0.363 e. The first-order valence-corrected chi connectivity index (χ1v) is 9.85. The highest BCUT2D eigenvalue weighted by Gasteiger charge is 2.18. The predicted molar refractivity (Wildman–Crippen MR) is 122 cm³/mol. The summed E-state index contributed by atoms with van der Waals surface area (Å²) in [6, 6.07) is 16.7. The number of amides is 1. The molecule has 0 saturated carbocycles. The van der Waals surface area contributed by atoms with E-state index in [0.717, 1.165) is 5.56 Å². The van der Waals surface area contributed by atoms with Gasteiger partial charge in [0.1, 0.15) is 0 Å². The maximum atomic E-state index is 12.5. The Morgan fingerprint density at radius 1 is 0.848 bits per heavy atom. The first kappa shape index (κ1) is 23.3. The number of hydrogen-bond acceptors (Lipinski definition) is 8. The lowest BCUT2D eigenvalue weighted by atomic mass is 10.1. The van der Waals surface area contributed by atoms with Crippen LogP contribution in [0.25, 0.3) is 0 Å². The first-order valence-electron chi connectivity index (χ1n) is 9.85. The van der Waals surface area contributed by atoms with Gasteiger partial charge in [0, 0.05) is 5.56 Å². The number of rotatable bonds is 8. The van der Waals surface area contributed by atoms with E-state index in [1.54, 1.807) is 36.4 Å². The molecule has 9 nitrogen and oxygen atoms in total. The fraction of sp³-hybridized carbons (Fsp3) is 0.167. The second kappa shape index (κ2) is 10.8. The van der Waals surface area contributed by atoms with E-state index in [2.05, 4.69) is 15.7 Å². The number of azo groups is 1. The number of carbonyl (C=O) groups excluding carboxylic acids is 2. The number of benzene rings is 3. The molecule has 0 aromatic heterocycles. The predicted octanol–water partition coefficient (Wildman–Crippen LogP) is 5.13. The molecule has 1 amide bonds. The molecule has 0 aliphatic heterocycles. The molecule has 0 unspecified atom stereocenters. The Labute approximate surface area is 190 Å². The van der Waals surface area contributed by atoms with Crippen LogP contribution in [-0.2, 0) is 4.84 Å². The molecule has 170 valence electrons. The summed E-state index contributed by atoms with van der Waals surface area (Å²) in [4.78, 5) is 29.8. The zero-order valence-corrected chi connectivity index (χ0v) is 18.6. The summed E-state index contributed by atoms with van der Waals surface area (Å²) in [7, 11) is 4.39. The number of hydrogen-bond donors (Lipinski definition) is 1. The zero-order chi connectivity index (χ0) is 23.8. The highest BCUT2D eigenvalue weighted by Crippen LogP contribution is 2.38. The molecule has 1 N–H and O–H groups in total. The van der Waals surface area contributed by atoms with Gasteiger partial charge in [0.05, 0.1) is 38.3 Å². The smallest absolute Gasteiger partial charge is 0.363 e. The maximum absolute atomic E-state index is 12.5. The van der Waals surface area contributed by atoms with Gasteiger partial charge in [-0.05, 0) is 55.0 Å². The Hall–Kier alpha value is -4.40. The van der Waals surface area contributed by atoms with Gasteiger partial charge in [-0.3, -0.25) is 4.79 Å². The normalized spacial score (nSPS) is 10.5. The van der Waals surface area contributed by atoms with E-state index in [1.165, 1.54) is 33.5 Å². The summed E-state index contributed by atoms with van der Waals surface area (Å²) in [5, 5.41) is 7.72. The highest BCUT2D eigenvalue weighted by atomic mass is 16.7. The van der Waals surface area contributed by atoms with Crippen molar-refractivity contribution in [1.82, 2.24) is 0 Å². The molecule has 3 aromatic rings. The second-order valence-corrected chi connectivity index (χ2v) is 6.77. The third-order valence-corrected chi connectivity index (χ3v) is 4.66. The summed E-state index contributed by atoms with van der Waals surface area (Å²) < 4.78 is 15.7. The second-order valence-electron chi connectivity index (χ2n) is 6.77. The van der Waals surface area contributed by atoms with Crippen molar-refractivity contribution in [1.29, 1.82) is 0 Å². The van der Waals surface area contributed by atoms with Crippen LogP contribution in [0, 0.1) is 6.92 Å². The monoisotopic (exact) mass is 449 g/mol. The van der Waals surface area contributed by atoms with Crippen LogP contribution >= 0.6 is 0 Å². The Balaban J connectivity index is 1.63. The standard InChI is InChI=1S/C24H23N3O6/c1-15-7-5-6-8-19(15)23(28)26-25-17-9-11-18(12-10-17)27-33-24(29)16-13-20(30-2)22(32-4)21(14-16)31-3/h5-14,27H,1-4H3. The van der Waals surface area contributed by atoms with Crippen LogP contribution in [0.15, 0.2) is 70.9 Å². The summed E-state index contributed by atoms with van der Waals surface area (Å²) >= 11 is 0. The average molecular weight is 449 g/mol. The third-order valence-electron chi connectivity index (χ3n) is 4.66. The fourth-order valence-corrected chi connectivity index (χ4v) is 2.93. The topological polar surface area (TPSA) is 108 Å². The van der Waals surface area contributed by atoms with Crippen molar-refractivity contribution in [2.24, 2.45) is 10.2 Å². The van der Waals surface area contributed by atoms with Crippen LogP contribution in [0.4, 0.5) is 11.4 Å². The summed E-state index contributed by atoms with van der Waals surface area (Å²) in [6.45, 7) is 1.84. The van der Waals surface area contributed by atoms with Crippen molar-refractivity contribution in [3.8, 4) is 17.2 Å². The van der Waals surface area contributed by atoms with Crippen molar-refractivity contribution in [3.63, 3.8) is 0 Å². The molecular formula is C24H23N3O6. The SMILES string of the molecule is COc1cc(C(=O)ONc2ccc(N=NC(=O)c3ccccc3C)cc2)cc(OC)c1OC. The molecule has 0 saturated heterocycles. The largest absolute Gasteiger partial charge is 0.493 e. The number of carbonyl (C=O) groups is 2. The molecule has 0 spiro atoms. The quantitative estimate of drug-likeness (QED) is 0.375. The van der Waals surface area contributed by atoms with Crippen molar-refractivity contribution in [2.45, 2.75) is 6.92 Å². The van der Waals surface area contributed by atoms with E-state index in [4.69, 9.17) is 19.0 Å². The van der Waals surface area contributed by atoms with Crippen LogP contribution in [0.3, 0.4) is 0 Å². The average Bonchev–Trinajstić information content (AvgIpc) is 2.85. The van der Waals surface area contributed by atoms with Crippen LogP contribution in [0.5, 0.6) is 17.2 Å². The molecule has 3 aromatic carbocycles. The summed E-state index contributed by atoms with van der Waals surface area (Å²) in [5.74, 6) is -0.0379. The minimum Gasteiger partial charge on any atom is -0.493 e. The Bertz CT molecular complexity index is 1150. The number of aryl methyl sites for hydroxylation is 1. The van der Waals surface area contributed by atoms with Gasteiger partial charge >= 0.3 is 5.97 Å². The van der Waals surface area contributed by atoms with Crippen molar-refractivity contribution < 1.29 is 28.6 Å². The zero-order valence-electron chi connectivity index (χ0n) is 18.6. The molecule has 0 aliphatic rings. The van der Waals surface area contributed by atoms with Crippen LogP contribution in [-0.4, -0.2) is 33.2 Å². The molecule has 0 atom stereocenters.